The Labute approximate surface area is 669 Å². The lowest BCUT2D eigenvalue weighted by atomic mass is 9.93. The predicted molar refractivity (Wildman–Crippen MR) is 364 cm³/mol. The highest BCUT2D eigenvalue weighted by Gasteiger charge is 2.62. The molecule has 0 bridgehead atoms. The normalized spacial score (nSPS) is 48.2. The number of nitrogens with one attached hydrogen (secondary N) is 3. The van der Waals surface area contributed by atoms with Crippen molar-refractivity contribution in [2.75, 3.05) is 59.5 Å². The second kappa shape index (κ2) is 43.2. The Bertz CT molecular complexity index is 3090. The Kier molecular flexibility index (Phi) is 36.0. The van der Waals surface area contributed by atoms with Gasteiger partial charge in [-0.15, -0.1) is 0 Å². The zero-order chi connectivity index (χ0) is 87.2. The van der Waals surface area contributed by atoms with Crippen LogP contribution in [-0.2, 0) is 99.6 Å². The van der Waals surface area contributed by atoms with E-state index in [1.165, 1.54) is 13.8 Å². The molecular formula is C66H113N3O49. The van der Waals surface area contributed by atoms with E-state index in [1.54, 1.807) is 0 Å². The SMILES string of the molecule is CC(=O)N[C@H]1[C@H](OC[C@H]2O[C@@H](O[C@@H]([C@H](O)[C@@H](O)CO)[C@H](O)CO)[C@H](O)[C@@H](O[C@@H]3O[C@H](CO)[C@@H](O)[C@H](O[C@@H]4O[C@H](CO)[C@H](O)[C@H](O)[C@H]4O[C@@H]4O[C@@H](C)[C@@H](O)[C@@H](O)[C@@H]4O)[C@H]3NC(C)=O)[C@H]2O)O[C@H](CO)[C@@H](O[C@@H]2O[C@H](CO)[C@H](O)[C@H](O[C@@H]3O[C@H](CO)[C@@H](O[C@@H]4O[C@H](CO)[C@H](O)[C@H](O)[C@H]4O)[C@H](O[C@@H]4O[C@@H](C)[C@@H](O)[C@@H](O)[C@@H]4O)[C@H]3NC(C)=O)[C@H]2O)[C@@H]1O. The number of aliphatic hydroxyl groups is 28. The van der Waals surface area contributed by atoms with E-state index in [4.69, 9.17) is 85.3 Å². The Morgan fingerprint density at radius 2 is 0.619 bits per heavy atom. The molecule has 0 radical (unpaired) electrons. The van der Waals surface area contributed by atoms with Crippen molar-refractivity contribution in [2.24, 2.45) is 0 Å². The fourth-order valence-corrected chi connectivity index (χ4v) is 15.0. The van der Waals surface area contributed by atoms with Crippen LogP contribution in [0.2, 0.25) is 0 Å². The van der Waals surface area contributed by atoms with Gasteiger partial charge in [-0.05, 0) is 13.8 Å². The molecule has 0 aliphatic carbocycles. The molecule has 118 heavy (non-hydrogen) atoms. The molecule has 52 heteroatoms. The maximum Gasteiger partial charge on any atom is 0.217 e. The minimum atomic E-state index is -2.52. The second-order valence-corrected chi connectivity index (χ2v) is 30.0. The Hall–Kier alpha value is -3.43. The summed E-state index contributed by atoms with van der Waals surface area (Å²) in [7, 11) is 0. The number of hydrogen-bond donors (Lipinski definition) is 31. The van der Waals surface area contributed by atoms with E-state index in [1.807, 2.05) is 0 Å². The van der Waals surface area contributed by atoms with Crippen molar-refractivity contribution >= 4 is 17.7 Å². The van der Waals surface area contributed by atoms with Gasteiger partial charge in [0.15, 0.2) is 56.6 Å². The van der Waals surface area contributed by atoms with Gasteiger partial charge in [0, 0.05) is 20.8 Å². The van der Waals surface area contributed by atoms with Crippen LogP contribution < -0.4 is 16.0 Å². The maximum atomic E-state index is 13.3. The summed E-state index contributed by atoms with van der Waals surface area (Å²) in [5, 5.41) is 316. The zero-order valence-electron chi connectivity index (χ0n) is 63.7. The smallest absolute Gasteiger partial charge is 0.217 e. The Balaban J connectivity index is 0.994. The molecule has 31 N–H and O–H groups in total. The van der Waals surface area contributed by atoms with Crippen molar-refractivity contribution in [3.63, 3.8) is 0 Å². The summed E-state index contributed by atoms with van der Waals surface area (Å²) < 4.78 is 107. The molecule has 9 saturated heterocycles. The van der Waals surface area contributed by atoms with E-state index in [-0.39, 0.29) is 0 Å². The molecule has 0 aromatic rings. The van der Waals surface area contributed by atoms with Gasteiger partial charge >= 0.3 is 0 Å². The lowest BCUT2D eigenvalue weighted by molar-refractivity contribution is -0.391. The first-order chi connectivity index (χ1) is 55.7. The van der Waals surface area contributed by atoms with Gasteiger partial charge in [0.2, 0.25) is 17.7 Å². The topological polar surface area (TPSA) is 820 Å². The van der Waals surface area contributed by atoms with Gasteiger partial charge in [-0.2, -0.15) is 0 Å². The first-order valence-corrected chi connectivity index (χ1v) is 37.8. The molecule has 0 spiro atoms. The molecule has 52 nitrogen and oxygen atoms in total. The lowest BCUT2D eigenvalue weighted by Crippen LogP contribution is -2.71. The van der Waals surface area contributed by atoms with Crippen LogP contribution in [0, 0.1) is 0 Å². The van der Waals surface area contributed by atoms with Crippen LogP contribution >= 0.6 is 0 Å². The van der Waals surface area contributed by atoms with Crippen molar-refractivity contribution < 1.29 is 243 Å². The Morgan fingerprint density at radius 3 is 1.10 bits per heavy atom. The van der Waals surface area contributed by atoms with Gasteiger partial charge in [-0.1, -0.05) is 0 Å². The van der Waals surface area contributed by atoms with E-state index < -0.39 is 378 Å². The molecule has 0 aromatic heterocycles. The molecule has 0 unspecified atom stereocenters. The number of amides is 3. The molecule has 9 aliphatic heterocycles. The van der Waals surface area contributed by atoms with Gasteiger partial charge in [-0.3, -0.25) is 14.4 Å². The largest absolute Gasteiger partial charge is 0.394 e. The molecule has 9 aliphatic rings. The van der Waals surface area contributed by atoms with Crippen LogP contribution in [0.25, 0.3) is 0 Å². The highest BCUT2D eigenvalue weighted by Crippen LogP contribution is 2.41. The number of carbonyl (C=O) groups is 3. The summed E-state index contributed by atoms with van der Waals surface area (Å²) in [5.41, 5.74) is 0. The van der Waals surface area contributed by atoms with Gasteiger partial charge in [0.1, 0.15) is 232 Å². The number of ether oxygens (including phenoxy) is 18. The molecule has 686 valence electrons. The summed E-state index contributed by atoms with van der Waals surface area (Å²) in [5.74, 6) is -2.95. The number of carbonyl (C=O) groups excluding carboxylic acids is 3. The van der Waals surface area contributed by atoms with E-state index in [0.29, 0.717) is 0 Å². The summed E-state index contributed by atoms with van der Waals surface area (Å²) in [6.07, 6.45) is -95.1. The van der Waals surface area contributed by atoms with Crippen molar-refractivity contribution in [1.29, 1.82) is 0 Å². The van der Waals surface area contributed by atoms with Crippen LogP contribution in [-0.4, -0.2) is 521 Å². The standard InChI is InChI=1S/C66H113N3O49/c1-15-32(83)41(92)45(96)61(102-15)115-54-31(69-19(5)80)60(109-27(13-77)52(54)113-63-47(98)43(94)35(86)22(8-72)105-63)116-55-38(89)25(11-75)106-64(48(55)99)112-51-26(12-76)108-58(29(40(51)91)67-17(3)78)101-14-28-39(90)56(49(100)65(110-28)111-50(21(82)7-71)34(85)20(81)6-70)117-59-30(68-18(4)79)53(37(88)24(10-74)104-59)114-66-57(44(95)36(87)23(9-73)107-66)118-62-46(97)42(93)33(84)16(2)103-62/h15-16,20-66,70-77,81-100H,6-14H2,1-5H3,(H,67,78)(H,68,79)(H,69,80)/t15-,16-,20-,21+,22+,23+,24+,25+,26+,27+,28+,29+,30+,31+,32+,33+,34+,35-,36-,37+,38-,39-,40+,41+,42+,43-,44-,45-,46-,47+,48+,49+,50+,51+,52+,53+,54+,55-,56-,57+,58+,59-,60-,61-,62-,63-,64-,65-,66-/m0/s1. The third kappa shape index (κ3) is 21.8. The van der Waals surface area contributed by atoms with Crippen LogP contribution in [0.3, 0.4) is 0 Å². The van der Waals surface area contributed by atoms with Crippen molar-refractivity contribution in [1.82, 2.24) is 16.0 Å². The average Bonchev–Trinajstić information content (AvgIpc) is 0.730. The number of rotatable bonds is 33. The van der Waals surface area contributed by atoms with Gasteiger partial charge in [-0.25, -0.2) is 0 Å². The van der Waals surface area contributed by atoms with Gasteiger partial charge in [0.25, 0.3) is 0 Å². The molecule has 9 heterocycles. The minimum Gasteiger partial charge on any atom is -0.394 e. The second-order valence-electron chi connectivity index (χ2n) is 30.0. The van der Waals surface area contributed by atoms with Crippen LogP contribution in [0.5, 0.6) is 0 Å². The van der Waals surface area contributed by atoms with Crippen molar-refractivity contribution in [3.8, 4) is 0 Å². The Morgan fingerprint density at radius 1 is 0.288 bits per heavy atom. The third-order valence-corrected chi connectivity index (χ3v) is 21.6. The number of hydrogen-bond acceptors (Lipinski definition) is 49. The summed E-state index contributed by atoms with van der Waals surface area (Å²) in [6.45, 7) is -5.14. The lowest BCUT2D eigenvalue weighted by Gasteiger charge is -2.52. The molecular weight excluding hydrogens is 1620 g/mol. The first kappa shape index (κ1) is 98.4. The molecule has 9 fully saturated rings. The summed E-state index contributed by atoms with van der Waals surface area (Å²) in [6, 6.07) is -5.92. The third-order valence-electron chi connectivity index (χ3n) is 21.6. The quantitative estimate of drug-likeness (QED) is 0.0290. The fraction of sp³-hybridized carbons (Fsp3) is 0.955. The summed E-state index contributed by atoms with van der Waals surface area (Å²) >= 11 is 0. The maximum absolute atomic E-state index is 13.3. The highest BCUT2D eigenvalue weighted by molar-refractivity contribution is 5.74. The molecule has 0 saturated carbocycles. The van der Waals surface area contributed by atoms with Crippen molar-refractivity contribution in [3.05, 3.63) is 0 Å². The van der Waals surface area contributed by atoms with Gasteiger partial charge in [0.05, 0.1) is 71.7 Å². The highest BCUT2D eigenvalue weighted by atomic mass is 16.8. The predicted octanol–water partition coefficient (Wildman–Crippen LogP) is -20.7. The van der Waals surface area contributed by atoms with E-state index >= 15 is 0 Å². The summed E-state index contributed by atoms with van der Waals surface area (Å²) in [4.78, 5) is 39.6. The fourth-order valence-electron chi connectivity index (χ4n) is 15.0. The van der Waals surface area contributed by atoms with E-state index in [9.17, 15) is 157 Å². The van der Waals surface area contributed by atoms with Crippen molar-refractivity contribution in [2.45, 2.75) is 335 Å². The van der Waals surface area contributed by atoms with Crippen LogP contribution in [0.15, 0.2) is 0 Å². The van der Waals surface area contributed by atoms with Crippen LogP contribution in [0.1, 0.15) is 34.6 Å². The molecule has 0 aromatic carbocycles. The zero-order valence-corrected chi connectivity index (χ0v) is 63.7. The molecule has 3 amide bonds. The molecule has 49 atom stereocenters. The number of aliphatic hydroxyl groups excluding tert-OH is 28. The van der Waals surface area contributed by atoms with Crippen LogP contribution in [0.4, 0.5) is 0 Å². The monoisotopic (exact) mass is 1730 g/mol. The molecule has 9 rings (SSSR count). The average molecular weight is 1730 g/mol. The minimum absolute atomic E-state index is 0.910. The first-order valence-electron chi connectivity index (χ1n) is 37.8. The van der Waals surface area contributed by atoms with E-state index in [0.717, 1.165) is 20.8 Å². The van der Waals surface area contributed by atoms with Gasteiger partial charge < -0.3 is 244 Å². The van der Waals surface area contributed by atoms with E-state index in [2.05, 4.69) is 16.0 Å².